The Morgan fingerprint density at radius 1 is 1.17 bits per heavy atom. The molecule has 1 aromatic heterocycles. The van der Waals surface area contributed by atoms with Gasteiger partial charge in [0.1, 0.15) is 0 Å². The zero-order valence-corrected chi connectivity index (χ0v) is 9.51. The number of aryl methyl sites for hydroxylation is 1. The molecule has 0 fully saturated rings. The molecule has 0 aromatic carbocycles. The zero-order valence-electron chi connectivity index (χ0n) is 8.69. The van der Waals surface area contributed by atoms with Gasteiger partial charge >= 0.3 is 0 Å². The molecule has 1 heterocycles. The van der Waals surface area contributed by atoms with E-state index in [1.165, 1.54) is 17.5 Å². The Morgan fingerprint density at radius 3 is 2.00 bits per heavy atom. The fraction of sp³-hybridized carbons (Fsp3) is 0.636. The highest BCUT2D eigenvalue weighted by atomic mass is 32.1. The summed E-state index contributed by atoms with van der Waals surface area (Å²) in [6.45, 7) is 11.3. The largest absolute Gasteiger partial charge is 0.145 e. The van der Waals surface area contributed by atoms with E-state index in [0.29, 0.717) is 5.92 Å². The van der Waals surface area contributed by atoms with E-state index >= 15 is 0 Å². The Balaban J connectivity index is 3.16. The van der Waals surface area contributed by atoms with Gasteiger partial charge in [0.25, 0.3) is 0 Å². The van der Waals surface area contributed by atoms with Gasteiger partial charge in [-0.3, -0.25) is 0 Å². The van der Waals surface area contributed by atoms with E-state index in [9.17, 15) is 0 Å². The number of rotatable bonds is 2. The lowest BCUT2D eigenvalue weighted by molar-refractivity contribution is 0.879. The minimum atomic E-state index is 0.689. The van der Waals surface area contributed by atoms with Gasteiger partial charge < -0.3 is 0 Å². The minimum absolute atomic E-state index is 0.689. The molecule has 1 aromatic rings. The van der Waals surface area contributed by atoms with Crippen LogP contribution in [0.15, 0.2) is 0 Å². The monoisotopic (exact) mass is 182 g/mol. The molecule has 0 spiro atoms. The lowest BCUT2D eigenvalue weighted by Crippen LogP contribution is -1.85. The van der Waals surface area contributed by atoms with Crippen LogP contribution in [0.3, 0.4) is 0 Å². The van der Waals surface area contributed by atoms with E-state index in [-0.39, 0.29) is 0 Å². The van der Waals surface area contributed by atoms with Gasteiger partial charge in [-0.05, 0) is 37.3 Å². The van der Waals surface area contributed by atoms with Crippen LogP contribution >= 0.6 is 11.3 Å². The summed E-state index contributed by atoms with van der Waals surface area (Å²) < 4.78 is 0. The van der Waals surface area contributed by atoms with Crippen LogP contribution in [0.25, 0.3) is 0 Å². The molecule has 0 radical (unpaired) electrons. The molecular weight excluding hydrogens is 164 g/mol. The average Bonchev–Trinajstić information content (AvgIpc) is 2.30. The first kappa shape index (κ1) is 9.79. The number of hydrogen-bond acceptors (Lipinski definition) is 1. The molecule has 0 aliphatic rings. The van der Waals surface area contributed by atoms with Crippen molar-refractivity contribution in [3.63, 3.8) is 0 Å². The van der Waals surface area contributed by atoms with E-state index < -0.39 is 0 Å². The standard InChI is InChI=1S/C11H18S/c1-6-10-8(4)9(5)11(12-10)7(2)3/h7H,6H2,1-5H3. The van der Waals surface area contributed by atoms with E-state index in [1.54, 1.807) is 9.75 Å². The predicted molar refractivity (Wildman–Crippen MR) is 57.3 cm³/mol. The SMILES string of the molecule is CCc1sc(C(C)C)c(C)c1C. The van der Waals surface area contributed by atoms with Crippen LogP contribution in [0.5, 0.6) is 0 Å². The first-order valence-electron chi connectivity index (χ1n) is 4.66. The van der Waals surface area contributed by atoms with Crippen LogP contribution in [-0.4, -0.2) is 0 Å². The molecule has 0 atom stereocenters. The van der Waals surface area contributed by atoms with E-state index in [1.807, 2.05) is 11.3 Å². The molecule has 0 aliphatic carbocycles. The molecule has 0 saturated carbocycles. The fourth-order valence-electron chi connectivity index (χ4n) is 1.57. The van der Waals surface area contributed by atoms with Gasteiger partial charge in [-0.1, -0.05) is 20.8 Å². The molecule has 12 heavy (non-hydrogen) atoms. The Kier molecular flexibility index (Phi) is 2.94. The van der Waals surface area contributed by atoms with Gasteiger partial charge in [-0.2, -0.15) is 0 Å². The van der Waals surface area contributed by atoms with Crippen molar-refractivity contribution in [2.45, 2.75) is 47.0 Å². The summed E-state index contributed by atoms with van der Waals surface area (Å²) >= 11 is 1.99. The molecule has 1 heteroatoms. The van der Waals surface area contributed by atoms with Crippen LogP contribution < -0.4 is 0 Å². The Hall–Kier alpha value is -0.300. The maximum absolute atomic E-state index is 2.28. The van der Waals surface area contributed by atoms with Crippen molar-refractivity contribution in [2.24, 2.45) is 0 Å². The normalized spacial score (nSPS) is 11.2. The third-order valence-electron chi connectivity index (χ3n) is 2.43. The summed E-state index contributed by atoms with van der Waals surface area (Å²) in [5, 5.41) is 0. The van der Waals surface area contributed by atoms with Crippen LogP contribution in [0.1, 0.15) is 47.6 Å². The van der Waals surface area contributed by atoms with Gasteiger partial charge in [-0.15, -0.1) is 11.3 Å². The van der Waals surface area contributed by atoms with Crippen molar-refractivity contribution in [3.05, 3.63) is 20.9 Å². The van der Waals surface area contributed by atoms with Crippen LogP contribution in [0.2, 0.25) is 0 Å². The molecular formula is C11H18S. The summed E-state index contributed by atoms with van der Waals surface area (Å²) in [4.78, 5) is 3.14. The predicted octanol–water partition coefficient (Wildman–Crippen LogP) is 4.05. The molecule has 0 unspecified atom stereocenters. The third kappa shape index (κ3) is 1.56. The maximum Gasteiger partial charge on any atom is 0.0105 e. The lowest BCUT2D eigenvalue weighted by atomic mass is 10.0. The fourth-order valence-corrected chi connectivity index (χ4v) is 2.83. The minimum Gasteiger partial charge on any atom is -0.145 e. The second kappa shape index (κ2) is 3.61. The van der Waals surface area contributed by atoms with E-state index in [0.717, 1.165) is 0 Å². The quantitative estimate of drug-likeness (QED) is 0.647. The molecule has 0 N–H and O–H groups in total. The molecule has 0 amide bonds. The molecule has 1 rings (SSSR count). The summed E-state index contributed by atoms with van der Waals surface area (Å²) in [7, 11) is 0. The highest BCUT2D eigenvalue weighted by Crippen LogP contribution is 2.32. The topological polar surface area (TPSA) is 0 Å². The van der Waals surface area contributed by atoms with Gasteiger partial charge in [0.05, 0.1) is 0 Å². The average molecular weight is 182 g/mol. The molecule has 0 bridgehead atoms. The highest BCUT2D eigenvalue weighted by molar-refractivity contribution is 7.12. The molecule has 68 valence electrons. The smallest absolute Gasteiger partial charge is 0.0105 e. The van der Waals surface area contributed by atoms with Gasteiger partial charge in [0.2, 0.25) is 0 Å². The summed E-state index contributed by atoms with van der Waals surface area (Å²) in [5.74, 6) is 0.689. The van der Waals surface area contributed by atoms with Crippen molar-refractivity contribution in [1.29, 1.82) is 0 Å². The number of hydrogen-bond donors (Lipinski definition) is 0. The van der Waals surface area contributed by atoms with Crippen LogP contribution in [-0.2, 0) is 6.42 Å². The Morgan fingerprint density at radius 2 is 1.75 bits per heavy atom. The van der Waals surface area contributed by atoms with Crippen molar-refractivity contribution in [2.75, 3.05) is 0 Å². The van der Waals surface area contributed by atoms with Crippen molar-refractivity contribution in [3.8, 4) is 0 Å². The summed E-state index contributed by atoms with van der Waals surface area (Å²) in [6, 6.07) is 0. The number of thiophene rings is 1. The maximum atomic E-state index is 2.28. The Labute approximate surface area is 79.6 Å². The third-order valence-corrected chi connectivity index (χ3v) is 4.27. The van der Waals surface area contributed by atoms with E-state index in [2.05, 4.69) is 34.6 Å². The second-order valence-corrected chi connectivity index (χ2v) is 4.78. The molecule has 0 aliphatic heterocycles. The first-order valence-corrected chi connectivity index (χ1v) is 5.48. The molecule has 0 saturated heterocycles. The van der Waals surface area contributed by atoms with Gasteiger partial charge in [-0.25, -0.2) is 0 Å². The van der Waals surface area contributed by atoms with Crippen molar-refractivity contribution in [1.82, 2.24) is 0 Å². The van der Waals surface area contributed by atoms with Gasteiger partial charge in [0.15, 0.2) is 0 Å². The second-order valence-electron chi connectivity index (χ2n) is 3.65. The zero-order chi connectivity index (χ0) is 9.30. The summed E-state index contributed by atoms with van der Waals surface area (Å²) in [6.07, 6.45) is 1.18. The Bertz CT molecular complexity index is 269. The first-order chi connectivity index (χ1) is 5.57. The van der Waals surface area contributed by atoms with Crippen LogP contribution in [0.4, 0.5) is 0 Å². The summed E-state index contributed by atoms with van der Waals surface area (Å²) in [5.41, 5.74) is 3.04. The van der Waals surface area contributed by atoms with Crippen LogP contribution in [0, 0.1) is 13.8 Å². The lowest BCUT2D eigenvalue weighted by Gasteiger charge is -2.01. The van der Waals surface area contributed by atoms with Gasteiger partial charge in [0, 0.05) is 9.75 Å². The van der Waals surface area contributed by atoms with Crippen molar-refractivity contribution < 1.29 is 0 Å². The van der Waals surface area contributed by atoms with E-state index in [4.69, 9.17) is 0 Å². The van der Waals surface area contributed by atoms with Crippen molar-refractivity contribution >= 4 is 11.3 Å². The highest BCUT2D eigenvalue weighted by Gasteiger charge is 2.11. The molecule has 0 nitrogen and oxygen atoms in total.